The SMILES string of the molecule is Cc1cc(C(=O)Nc2cc(Cl)ccc2Oc2ccccc2)ccc1[N+](=O)[O-]. The Morgan fingerprint density at radius 2 is 1.81 bits per heavy atom. The first-order valence-corrected chi connectivity index (χ1v) is 8.40. The van der Waals surface area contributed by atoms with Gasteiger partial charge in [-0.05, 0) is 49.4 Å². The van der Waals surface area contributed by atoms with Gasteiger partial charge in [0.25, 0.3) is 11.6 Å². The molecule has 1 N–H and O–H groups in total. The lowest BCUT2D eigenvalue weighted by Crippen LogP contribution is -2.13. The Morgan fingerprint density at radius 1 is 1.07 bits per heavy atom. The second kappa shape index (κ2) is 7.88. The number of nitrogens with one attached hydrogen (secondary N) is 1. The first-order chi connectivity index (χ1) is 12.9. The fourth-order valence-electron chi connectivity index (χ4n) is 2.50. The van der Waals surface area contributed by atoms with Gasteiger partial charge in [-0.15, -0.1) is 0 Å². The molecule has 0 atom stereocenters. The Balaban J connectivity index is 1.86. The molecule has 1 amide bonds. The third kappa shape index (κ3) is 4.43. The molecule has 0 bridgehead atoms. The summed E-state index contributed by atoms with van der Waals surface area (Å²) in [5, 5.41) is 14.1. The third-order valence-corrected chi connectivity index (χ3v) is 4.05. The molecule has 0 aliphatic carbocycles. The van der Waals surface area contributed by atoms with Gasteiger partial charge >= 0.3 is 0 Å². The van der Waals surface area contributed by atoms with E-state index in [0.29, 0.717) is 33.3 Å². The zero-order valence-corrected chi connectivity index (χ0v) is 15.1. The number of para-hydroxylation sites is 1. The minimum absolute atomic E-state index is 0.0394. The van der Waals surface area contributed by atoms with Crippen LogP contribution in [0.5, 0.6) is 11.5 Å². The highest BCUT2D eigenvalue weighted by Gasteiger charge is 2.16. The predicted molar refractivity (Wildman–Crippen MR) is 104 cm³/mol. The molecule has 0 fully saturated rings. The molecule has 0 spiro atoms. The van der Waals surface area contributed by atoms with Crippen LogP contribution < -0.4 is 10.1 Å². The molecule has 6 nitrogen and oxygen atoms in total. The second-order valence-electron chi connectivity index (χ2n) is 5.77. The first-order valence-electron chi connectivity index (χ1n) is 8.03. The maximum absolute atomic E-state index is 12.6. The van der Waals surface area contributed by atoms with Gasteiger partial charge in [0.1, 0.15) is 5.75 Å². The maximum Gasteiger partial charge on any atom is 0.272 e. The number of ether oxygens (including phenoxy) is 1. The molecule has 0 aliphatic rings. The van der Waals surface area contributed by atoms with Crippen LogP contribution in [0, 0.1) is 17.0 Å². The summed E-state index contributed by atoms with van der Waals surface area (Å²) in [5.41, 5.74) is 1.05. The van der Waals surface area contributed by atoms with Crippen molar-refractivity contribution in [3.05, 3.63) is 93.0 Å². The fourth-order valence-corrected chi connectivity index (χ4v) is 2.67. The predicted octanol–water partition coefficient (Wildman–Crippen LogP) is 5.60. The number of hydrogen-bond donors (Lipinski definition) is 1. The molecule has 3 aromatic rings. The van der Waals surface area contributed by atoms with Gasteiger partial charge in [-0.3, -0.25) is 14.9 Å². The molecule has 7 heteroatoms. The van der Waals surface area contributed by atoms with E-state index in [1.807, 2.05) is 18.2 Å². The molecule has 0 radical (unpaired) electrons. The van der Waals surface area contributed by atoms with Crippen LogP contribution in [0.1, 0.15) is 15.9 Å². The van der Waals surface area contributed by atoms with Gasteiger partial charge in [0, 0.05) is 22.2 Å². The van der Waals surface area contributed by atoms with Gasteiger partial charge in [0.2, 0.25) is 0 Å². The van der Waals surface area contributed by atoms with Crippen LogP contribution in [-0.2, 0) is 0 Å². The highest BCUT2D eigenvalue weighted by molar-refractivity contribution is 6.31. The molecule has 0 saturated heterocycles. The summed E-state index contributed by atoms with van der Waals surface area (Å²) >= 11 is 6.05. The normalized spacial score (nSPS) is 10.3. The van der Waals surface area contributed by atoms with Crippen molar-refractivity contribution in [2.45, 2.75) is 6.92 Å². The van der Waals surface area contributed by atoms with E-state index in [9.17, 15) is 14.9 Å². The summed E-state index contributed by atoms with van der Waals surface area (Å²) in [5.74, 6) is 0.618. The topological polar surface area (TPSA) is 81.5 Å². The zero-order chi connectivity index (χ0) is 19.4. The van der Waals surface area contributed by atoms with E-state index in [0.717, 1.165) is 0 Å². The standard InChI is InChI=1S/C20H15ClN2O4/c1-13-11-14(7-9-18(13)23(25)26)20(24)22-17-12-15(21)8-10-19(17)27-16-5-3-2-4-6-16/h2-12H,1H3,(H,22,24). The van der Waals surface area contributed by atoms with Crippen molar-refractivity contribution < 1.29 is 14.5 Å². The Labute approximate surface area is 160 Å². The number of halogens is 1. The number of nitro benzene ring substituents is 1. The molecule has 0 aliphatic heterocycles. The molecule has 27 heavy (non-hydrogen) atoms. The number of amides is 1. The van der Waals surface area contributed by atoms with Crippen molar-refractivity contribution in [2.24, 2.45) is 0 Å². The largest absolute Gasteiger partial charge is 0.455 e. The molecule has 136 valence electrons. The van der Waals surface area contributed by atoms with E-state index in [1.165, 1.54) is 18.2 Å². The number of aryl methyl sites for hydroxylation is 1. The Morgan fingerprint density at radius 3 is 2.48 bits per heavy atom. The lowest BCUT2D eigenvalue weighted by atomic mass is 10.1. The van der Waals surface area contributed by atoms with E-state index in [4.69, 9.17) is 16.3 Å². The van der Waals surface area contributed by atoms with Gasteiger partial charge in [-0.25, -0.2) is 0 Å². The summed E-state index contributed by atoms with van der Waals surface area (Å²) in [7, 11) is 0. The number of hydrogen-bond acceptors (Lipinski definition) is 4. The van der Waals surface area contributed by atoms with Crippen molar-refractivity contribution in [1.82, 2.24) is 0 Å². The monoisotopic (exact) mass is 382 g/mol. The smallest absolute Gasteiger partial charge is 0.272 e. The summed E-state index contributed by atoms with van der Waals surface area (Å²) < 4.78 is 5.81. The quantitative estimate of drug-likeness (QED) is 0.460. The molecule has 0 saturated carbocycles. The van der Waals surface area contributed by atoms with E-state index >= 15 is 0 Å². The van der Waals surface area contributed by atoms with Crippen LogP contribution in [0.4, 0.5) is 11.4 Å². The average Bonchev–Trinajstić information content (AvgIpc) is 2.64. The van der Waals surface area contributed by atoms with Crippen molar-refractivity contribution in [3.8, 4) is 11.5 Å². The third-order valence-electron chi connectivity index (χ3n) is 3.82. The van der Waals surface area contributed by atoms with Gasteiger partial charge in [0.05, 0.1) is 10.6 Å². The number of carbonyl (C=O) groups excluding carboxylic acids is 1. The zero-order valence-electron chi connectivity index (χ0n) is 14.3. The van der Waals surface area contributed by atoms with Crippen LogP contribution in [-0.4, -0.2) is 10.8 Å². The molecule has 3 rings (SSSR count). The van der Waals surface area contributed by atoms with Crippen molar-refractivity contribution >= 4 is 28.9 Å². The van der Waals surface area contributed by atoms with Crippen LogP contribution in [0.25, 0.3) is 0 Å². The van der Waals surface area contributed by atoms with Crippen LogP contribution in [0.3, 0.4) is 0 Å². The molecule has 0 heterocycles. The van der Waals surface area contributed by atoms with E-state index in [-0.39, 0.29) is 5.69 Å². The minimum atomic E-state index is -0.486. The van der Waals surface area contributed by atoms with E-state index < -0.39 is 10.8 Å². The lowest BCUT2D eigenvalue weighted by molar-refractivity contribution is -0.385. The number of nitrogens with zero attached hydrogens (tertiary/aromatic N) is 1. The van der Waals surface area contributed by atoms with Crippen LogP contribution >= 0.6 is 11.6 Å². The minimum Gasteiger partial charge on any atom is -0.455 e. The molecule has 0 aromatic heterocycles. The van der Waals surface area contributed by atoms with Gasteiger partial charge in [-0.1, -0.05) is 29.8 Å². The average molecular weight is 383 g/mol. The summed E-state index contributed by atoms with van der Waals surface area (Å²) in [6, 6.07) is 18.2. The first kappa shape index (κ1) is 18.4. The number of benzene rings is 3. The Kier molecular flexibility index (Phi) is 5.38. The molecule has 0 unspecified atom stereocenters. The highest BCUT2D eigenvalue weighted by atomic mass is 35.5. The fraction of sp³-hybridized carbons (Fsp3) is 0.0500. The number of anilines is 1. The lowest BCUT2D eigenvalue weighted by Gasteiger charge is -2.13. The van der Waals surface area contributed by atoms with E-state index in [2.05, 4.69) is 5.32 Å². The summed E-state index contributed by atoms with van der Waals surface area (Å²) in [6.45, 7) is 1.58. The summed E-state index contributed by atoms with van der Waals surface area (Å²) in [6.07, 6.45) is 0. The number of nitro groups is 1. The number of carbonyl (C=O) groups is 1. The molecular weight excluding hydrogens is 368 g/mol. The van der Waals surface area contributed by atoms with Crippen LogP contribution in [0.15, 0.2) is 66.7 Å². The molecular formula is C20H15ClN2O4. The Bertz CT molecular complexity index is 1010. The Hall–Kier alpha value is -3.38. The van der Waals surface area contributed by atoms with Crippen molar-refractivity contribution in [2.75, 3.05) is 5.32 Å². The van der Waals surface area contributed by atoms with Gasteiger partial charge in [0.15, 0.2) is 5.75 Å². The highest BCUT2D eigenvalue weighted by Crippen LogP contribution is 2.32. The van der Waals surface area contributed by atoms with Crippen molar-refractivity contribution in [3.63, 3.8) is 0 Å². The van der Waals surface area contributed by atoms with Gasteiger partial charge < -0.3 is 10.1 Å². The van der Waals surface area contributed by atoms with Crippen LogP contribution in [0.2, 0.25) is 5.02 Å². The summed E-state index contributed by atoms with van der Waals surface area (Å²) in [4.78, 5) is 23.0. The van der Waals surface area contributed by atoms with Gasteiger partial charge in [-0.2, -0.15) is 0 Å². The van der Waals surface area contributed by atoms with Crippen molar-refractivity contribution in [1.29, 1.82) is 0 Å². The number of rotatable bonds is 5. The van der Waals surface area contributed by atoms with E-state index in [1.54, 1.807) is 37.3 Å². The maximum atomic E-state index is 12.6. The second-order valence-corrected chi connectivity index (χ2v) is 6.20. The molecule has 3 aromatic carbocycles.